The minimum Gasteiger partial charge on any atom is -0.341 e. The molecule has 1 unspecified atom stereocenters. The quantitative estimate of drug-likeness (QED) is 0.616. The van der Waals surface area contributed by atoms with Gasteiger partial charge in [-0.3, -0.25) is 9.99 Å². The second kappa shape index (κ2) is 5.83. The molecule has 0 aliphatic heterocycles. The number of nitrogens with one attached hydrogen (secondary N) is 1. The molecule has 0 fully saturated rings. The van der Waals surface area contributed by atoms with E-state index in [1.807, 2.05) is 11.9 Å². The molecular weight excluding hydrogens is 256 g/mol. The minimum absolute atomic E-state index is 0.290. The number of aromatic nitrogens is 5. The Morgan fingerprint density at radius 1 is 1.25 bits per heavy atom. The highest BCUT2D eigenvalue weighted by atomic mass is 15.4. The zero-order valence-electron chi connectivity index (χ0n) is 12.1. The van der Waals surface area contributed by atoms with Crippen LogP contribution in [0.2, 0.25) is 0 Å². The number of nitrogens with two attached hydrogens (primary N) is 1. The van der Waals surface area contributed by atoms with Crippen LogP contribution in [0.15, 0.2) is 18.7 Å². The van der Waals surface area contributed by atoms with E-state index >= 15 is 0 Å². The van der Waals surface area contributed by atoms with Gasteiger partial charge in [0.25, 0.3) is 0 Å². The van der Waals surface area contributed by atoms with E-state index in [0.29, 0.717) is 29.8 Å². The average molecular weight is 276 g/mol. The Kier molecular flexibility index (Phi) is 4.14. The first-order valence-electron chi connectivity index (χ1n) is 6.46. The van der Waals surface area contributed by atoms with Crippen LogP contribution in [0.1, 0.15) is 20.8 Å². The summed E-state index contributed by atoms with van der Waals surface area (Å²) in [6.07, 6.45) is 5.07. The molecule has 0 bridgehead atoms. The molecule has 1 atom stereocenters. The zero-order valence-corrected chi connectivity index (χ0v) is 12.1. The molecule has 0 saturated heterocycles. The third kappa shape index (κ3) is 2.85. The van der Waals surface area contributed by atoms with Crippen molar-refractivity contribution in [1.82, 2.24) is 24.5 Å². The van der Waals surface area contributed by atoms with Gasteiger partial charge < -0.3 is 4.90 Å². The summed E-state index contributed by atoms with van der Waals surface area (Å²) in [7, 11) is 1.96. The van der Waals surface area contributed by atoms with Gasteiger partial charge in [0.05, 0.1) is 0 Å². The van der Waals surface area contributed by atoms with Gasteiger partial charge >= 0.3 is 0 Å². The van der Waals surface area contributed by atoms with E-state index in [2.05, 4.69) is 46.1 Å². The van der Waals surface area contributed by atoms with Crippen molar-refractivity contribution in [3.8, 4) is 5.95 Å². The second-order valence-electron chi connectivity index (χ2n) is 4.97. The zero-order chi connectivity index (χ0) is 14.7. The van der Waals surface area contributed by atoms with Crippen LogP contribution in [0.3, 0.4) is 0 Å². The topological polar surface area (TPSA) is 97.8 Å². The normalized spacial score (nSPS) is 12.5. The lowest BCUT2D eigenvalue weighted by Gasteiger charge is -2.28. The van der Waals surface area contributed by atoms with E-state index < -0.39 is 0 Å². The molecule has 0 aliphatic carbocycles. The highest BCUT2D eigenvalue weighted by Crippen LogP contribution is 2.17. The number of nitrogen functional groups attached to an aromatic ring is 1. The highest BCUT2D eigenvalue weighted by Gasteiger charge is 2.18. The van der Waals surface area contributed by atoms with Gasteiger partial charge in [-0.05, 0) is 12.8 Å². The monoisotopic (exact) mass is 276 g/mol. The number of hydrogen-bond donors (Lipinski definition) is 2. The Morgan fingerprint density at radius 3 is 2.55 bits per heavy atom. The van der Waals surface area contributed by atoms with E-state index in [4.69, 9.17) is 5.84 Å². The number of hydrogen-bond acceptors (Lipinski definition) is 7. The van der Waals surface area contributed by atoms with Gasteiger partial charge in [0.2, 0.25) is 17.8 Å². The van der Waals surface area contributed by atoms with Crippen LogP contribution in [0.25, 0.3) is 5.95 Å². The molecule has 0 radical (unpaired) electrons. The largest absolute Gasteiger partial charge is 0.341 e. The molecule has 2 heterocycles. The van der Waals surface area contributed by atoms with Gasteiger partial charge in [-0.2, -0.15) is 15.0 Å². The van der Waals surface area contributed by atoms with Crippen LogP contribution >= 0.6 is 0 Å². The lowest BCUT2D eigenvalue weighted by molar-refractivity contribution is 0.498. The van der Waals surface area contributed by atoms with Crippen molar-refractivity contribution in [3.05, 3.63) is 18.7 Å². The van der Waals surface area contributed by atoms with Crippen molar-refractivity contribution < 1.29 is 0 Å². The summed E-state index contributed by atoms with van der Waals surface area (Å²) in [5, 5.41) is 0. The molecule has 0 aliphatic rings. The van der Waals surface area contributed by atoms with Gasteiger partial charge in [0.15, 0.2) is 0 Å². The molecule has 2 rings (SSSR count). The van der Waals surface area contributed by atoms with E-state index in [9.17, 15) is 0 Å². The number of nitrogens with zero attached hydrogens (tertiary/aromatic N) is 6. The van der Waals surface area contributed by atoms with Crippen LogP contribution < -0.4 is 16.2 Å². The predicted molar refractivity (Wildman–Crippen MR) is 77.5 cm³/mol. The fourth-order valence-corrected chi connectivity index (χ4v) is 1.70. The number of anilines is 2. The fourth-order valence-electron chi connectivity index (χ4n) is 1.70. The summed E-state index contributed by atoms with van der Waals surface area (Å²) >= 11 is 0. The Balaban J connectivity index is 2.41. The molecule has 0 aromatic carbocycles. The Morgan fingerprint density at radius 2 is 2.00 bits per heavy atom. The summed E-state index contributed by atoms with van der Waals surface area (Å²) in [6, 6.07) is 0.290. The molecule has 8 heteroatoms. The Hall–Kier alpha value is -2.22. The highest BCUT2D eigenvalue weighted by molar-refractivity contribution is 5.39. The SMILES string of the molecule is CC(C)C(C)N(C)c1nc(NN)nc(-n2ccnc2)n1. The van der Waals surface area contributed by atoms with Crippen molar-refractivity contribution in [2.45, 2.75) is 26.8 Å². The first-order valence-corrected chi connectivity index (χ1v) is 6.46. The minimum atomic E-state index is 0.290. The molecule has 20 heavy (non-hydrogen) atoms. The summed E-state index contributed by atoms with van der Waals surface area (Å²) in [5.74, 6) is 7.27. The lowest BCUT2D eigenvalue weighted by Crippen LogP contribution is -2.35. The fraction of sp³-hybridized carbons (Fsp3) is 0.500. The number of rotatable bonds is 5. The molecule has 2 aromatic rings. The number of imidazole rings is 1. The van der Waals surface area contributed by atoms with E-state index in [0.717, 1.165) is 0 Å². The molecule has 0 spiro atoms. The third-order valence-electron chi connectivity index (χ3n) is 3.37. The summed E-state index contributed by atoms with van der Waals surface area (Å²) in [4.78, 5) is 19.0. The van der Waals surface area contributed by atoms with Gasteiger partial charge in [-0.1, -0.05) is 13.8 Å². The molecule has 3 N–H and O–H groups in total. The van der Waals surface area contributed by atoms with Crippen molar-refractivity contribution in [1.29, 1.82) is 0 Å². The van der Waals surface area contributed by atoms with Crippen LogP contribution in [-0.4, -0.2) is 37.6 Å². The van der Waals surface area contributed by atoms with Crippen LogP contribution in [0.5, 0.6) is 0 Å². The summed E-state index contributed by atoms with van der Waals surface area (Å²) < 4.78 is 1.71. The first-order chi connectivity index (χ1) is 9.52. The van der Waals surface area contributed by atoms with Gasteiger partial charge in [-0.15, -0.1) is 0 Å². The molecule has 0 amide bonds. The second-order valence-corrected chi connectivity index (χ2v) is 4.97. The van der Waals surface area contributed by atoms with Crippen LogP contribution in [-0.2, 0) is 0 Å². The first kappa shape index (κ1) is 14.2. The number of hydrazine groups is 1. The maximum Gasteiger partial charge on any atom is 0.243 e. The van der Waals surface area contributed by atoms with Crippen molar-refractivity contribution in [3.63, 3.8) is 0 Å². The van der Waals surface area contributed by atoms with E-state index in [1.165, 1.54) is 0 Å². The third-order valence-corrected chi connectivity index (χ3v) is 3.37. The maximum absolute atomic E-state index is 5.43. The maximum atomic E-state index is 5.43. The molecule has 108 valence electrons. The molecule has 0 saturated carbocycles. The molecular formula is C12H20N8. The van der Waals surface area contributed by atoms with Crippen molar-refractivity contribution >= 4 is 11.9 Å². The smallest absolute Gasteiger partial charge is 0.243 e. The van der Waals surface area contributed by atoms with Gasteiger partial charge in [0.1, 0.15) is 6.33 Å². The summed E-state index contributed by atoms with van der Waals surface area (Å²) in [5.41, 5.74) is 2.47. The van der Waals surface area contributed by atoms with Crippen molar-refractivity contribution in [2.75, 3.05) is 17.4 Å². The standard InChI is InChI=1S/C12H20N8/c1-8(2)9(3)19(4)11-15-10(18-13)16-12(17-11)20-6-5-14-7-20/h5-9H,13H2,1-4H3,(H,15,16,17,18). The average Bonchev–Trinajstić information content (AvgIpc) is 2.99. The van der Waals surface area contributed by atoms with Gasteiger partial charge in [-0.25, -0.2) is 10.8 Å². The van der Waals surface area contributed by atoms with E-state index in [-0.39, 0.29) is 0 Å². The van der Waals surface area contributed by atoms with Gasteiger partial charge in [0, 0.05) is 25.5 Å². The lowest BCUT2D eigenvalue weighted by atomic mass is 10.1. The van der Waals surface area contributed by atoms with Crippen LogP contribution in [0.4, 0.5) is 11.9 Å². The van der Waals surface area contributed by atoms with E-state index in [1.54, 1.807) is 23.3 Å². The Bertz CT molecular complexity index is 551. The summed E-state index contributed by atoms with van der Waals surface area (Å²) in [6.45, 7) is 6.43. The Labute approximate surface area is 118 Å². The molecule has 8 nitrogen and oxygen atoms in total. The molecule has 2 aromatic heterocycles. The van der Waals surface area contributed by atoms with Crippen molar-refractivity contribution in [2.24, 2.45) is 11.8 Å². The predicted octanol–water partition coefficient (Wildman–Crippen LogP) is 0.824. The van der Waals surface area contributed by atoms with Crippen LogP contribution in [0, 0.1) is 5.92 Å².